The van der Waals surface area contributed by atoms with Crippen molar-refractivity contribution in [2.45, 2.75) is 39.2 Å². The molecule has 1 aliphatic rings. The van der Waals surface area contributed by atoms with Crippen LogP contribution in [0.3, 0.4) is 0 Å². The first-order valence-corrected chi connectivity index (χ1v) is 12.0. The molecule has 2 heterocycles. The van der Waals surface area contributed by atoms with Gasteiger partial charge in [-0.15, -0.1) is 0 Å². The third-order valence-corrected chi connectivity index (χ3v) is 6.23. The molecular formula is C28H26N4O4. The number of hydrogen-bond donors (Lipinski definition) is 2. The van der Waals surface area contributed by atoms with Gasteiger partial charge in [0.25, 0.3) is 0 Å². The van der Waals surface area contributed by atoms with Crippen LogP contribution in [0.15, 0.2) is 71.8 Å². The summed E-state index contributed by atoms with van der Waals surface area (Å²) in [7, 11) is 0. The quantitative estimate of drug-likeness (QED) is 0.272. The van der Waals surface area contributed by atoms with Gasteiger partial charge in [0.1, 0.15) is 11.6 Å². The number of imidazole rings is 1. The van der Waals surface area contributed by atoms with Crippen LogP contribution in [-0.2, 0) is 17.8 Å². The molecule has 0 atom stereocenters. The summed E-state index contributed by atoms with van der Waals surface area (Å²) in [4.78, 5) is 27.4. The highest BCUT2D eigenvalue weighted by atomic mass is 16.7. The molecule has 0 fully saturated rings. The van der Waals surface area contributed by atoms with Gasteiger partial charge in [-0.3, -0.25) is 4.79 Å². The van der Waals surface area contributed by atoms with E-state index in [1.165, 1.54) is 0 Å². The van der Waals surface area contributed by atoms with E-state index in [2.05, 4.69) is 28.1 Å². The number of carbonyl (C=O) groups is 2. The maximum Gasteiger partial charge on any atom is 0.511 e. The second kappa shape index (κ2) is 10.0. The molecule has 1 amide bonds. The smallest absolute Gasteiger partial charge is 0.449 e. The second-order valence-corrected chi connectivity index (χ2v) is 8.72. The summed E-state index contributed by atoms with van der Waals surface area (Å²) in [6.07, 6.45) is 1.55. The van der Waals surface area contributed by atoms with Crippen molar-refractivity contribution in [3.05, 3.63) is 83.7 Å². The molecule has 1 aromatic heterocycles. The highest BCUT2D eigenvalue weighted by Gasteiger charge is 2.17. The first-order chi connectivity index (χ1) is 17.5. The lowest BCUT2D eigenvalue weighted by atomic mass is 10.0. The number of hydrazone groups is 1. The summed E-state index contributed by atoms with van der Waals surface area (Å²) in [5.74, 6) is 1.27. The maximum absolute atomic E-state index is 11.5. The van der Waals surface area contributed by atoms with Crippen LogP contribution in [0.2, 0.25) is 0 Å². The number of nitrogens with zero attached hydrogens (tertiary/aromatic N) is 3. The lowest BCUT2D eigenvalue weighted by molar-refractivity contribution is -0.121. The molecule has 4 aromatic rings. The van der Waals surface area contributed by atoms with Crippen molar-refractivity contribution in [3.63, 3.8) is 0 Å². The number of carboxylic acid groups (broad SMARTS) is 1. The predicted octanol–water partition coefficient (Wildman–Crippen LogP) is 5.38. The van der Waals surface area contributed by atoms with Crippen LogP contribution in [0.5, 0.6) is 5.75 Å². The Labute approximate surface area is 208 Å². The summed E-state index contributed by atoms with van der Waals surface area (Å²) < 4.78 is 7.18. The van der Waals surface area contributed by atoms with Gasteiger partial charge in [-0.1, -0.05) is 55.5 Å². The highest BCUT2D eigenvalue weighted by Crippen LogP contribution is 2.30. The SMILES string of the molecule is CCCc1nc2ccc(C3=NNC(=O)CC3)cc2n1Cc1ccc(-c2ccccc2OC(=O)O)cc1. The van der Waals surface area contributed by atoms with Gasteiger partial charge >= 0.3 is 6.16 Å². The molecule has 0 radical (unpaired) electrons. The number of hydrogen-bond acceptors (Lipinski definition) is 5. The molecular weight excluding hydrogens is 456 g/mol. The van der Waals surface area contributed by atoms with Crippen LogP contribution in [-0.4, -0.2) is 32.4 Å². The minimum atomic E-state index is -1.34. The van der Waals surface area contributed by atoms with Crippen LogP contribution >= 0.6 is 0 Å². The Kier molecular flexibility index (Phi) is 6.49. The third kappa shape index (κ3) is 4.84. The molecule has 0 unspecified atom stereocenters. The van der Waals surface area contributed by atoms with E-state index in [4.69, 9.17) is 14.8 Å². The zero-order valence-corrected chi connectivity index (χ0v) is 19.9. The van der Waals surface area contributed by atoms with E-state index < -0.39 is 6.16 Å². The summed E-state index contributed by atoms with van der Waals surface area (Å²) in [6, 6.07) is 21.2. The topological polar surface area (TPSA) is 106 Å². The van der Waals surface area contributed by atoms with Crippen LogP contribution in [0, 0.1) is 0 Å². The Balaban J connectivity index is 1.47. The van der Waals surface area contributed by atoms with Gasteiger partial charge in [0.2, 0.25) is 5.91 Å². The summed E-state index contributed by atoms with van der Waals surface area (Å²) in [5, 5.41) is 13.3. The average molecular weight is 483 g/mol. The van der Waals surface area contributed by atoms with Gasteiger partial charge in [0, 0.05) is 31.4 Å². The van der Waals surface area contributed by atoms with Crippen molar-refractivity contribution >= 4 is 28.8 Å². The molecule has 0 bridgehead atoms. The van der Waals surface area contributed by atoms with Gasteiger partial charge in [-0.05, 0) is 41.3 Å². The summed E-state index contributed by atoms with van der Waals surface area (Å²) >= 11 is 0. The fraction of sp³-hybridized carbons (Fsp3) is 0.214. The number of amides is 1. The van der Waals surface area contributed by atoms with Gasteiger partial charge in [0.05, 0.1) is 16.7 Å². The van der Waals surface area contributed by atoms with Crippen molar-refractivity contribution < 1.29 is 19.4 Å². The van der Waals surface area contributed by atoms with E-state index in [9.17, 15) is 9.59 Å². The van der Waals surface area contributed by atoms with E-state index in [1.54, 1.807) is 12.1 Å². The van der Waals surface area contributed by atoms with Crippen molar-refractivity contribution in [1.29, 1.82) is 0 Å². The van der Waals surface area contributed by atoms with E-state index in [1.807, 2.05) is 48.5 Å². The molecule has 3 aromatic carbocycles. The summed E-state index contributed by atoms with van der Waals surface area (Å²) in [5.41, 5.74) is 9.08. The lowest BCUT2D eigenvalue weighted by Gasteiger charge is -2.13. The molecule has 8 nitrogen and oxygen atoms in total. The Bertz CT molecular complexity index is 1470. The van der Waals surface area contributed by atoms with Crippen LogP contribution in [0.25, 0.3) is 22.2 Å². The predicted molar refractivity (Wildman–Crippen MR) is 137 cm³/mol. The first kappa shape index (κ1) is 23.3. The van der Waals surface area contributed by atoms with E-state index in [0.29, 0.717) is 25.1 Å². The molecule has 182 valence electrons. The minimum absolute atomic E-state index is 0.0595. The minimum Gasteiger partial charge on any atom is -0.449 e. The molecule has 2 N–H and O–H groups in total. The lowest BCUT2D eigenvalue weighted by Crippen LogP contribution is -2.25. The van der Waals surface area contributed by atoms with E-state index >= 15 is 0 Å². The molecule has 0 saturated heterocycles. The number of rotatable bonds is 7. The fourth-order valence-corrected chi connectivity index (χ4v) is 4.49. The van der Waals surface area contributed by atoms with Crippen molar-refractivity contribution in [2.24, 2.45) is 5.10 Å². The van der Waals surface area contributed by atoms with Crippen LogP contribution in [0.1, 0.15) is 43.1 Å². The average Bonchev–Trinajstić information content (AvgIpc) is 3.21. The third-order valence-electron chi connectivity index (χ3n) is 6.23. The molecule has 8 heteroatoms. The molecule has 0 saturated carbocycles. The Morgan fingerprint density at radius 3 is 2.56 bits per heavy atom. The summed E-state index contributed by atoms with van der Waals surface area (Å²) in [6.45, 7) is 2.78. The number of aryl methyl sites for hydroxylation is 1. The van der Waals surface area contributed by atoms with E-state index in [0.717, 1.165) is 57.7 Å². The van der Waals surface area contributed by atoms with Crippen LogP contribution < -0.4 is 10.2 Å². The largest absolute Gasteiger partial charge is 0.511 e. The molecule has 36 heavy (non-hydrogen) atoms. The highest BCUT2D eigenvalue weighted by molar-refractivity contribution is 6.05. The van der Waals surface area contributed by atoms with Gasteiger partial charge in [-0.25, -0.2) is 15.2 Å². The van der Waals surface area contributed by atoms with Gasteiger partial charge < -0.3 is 14.4 Å². The van der Waals surface area contributed by atoms with Crippen molar-refractivity contribution in [2.75, 3.05) is 0 Å². The Morgan fingerprint density at radius 1 is 1.06 bits per heavy atom. The number of carbonyl (C=O) groups excluding carboxylic acids is 1. The van der Waals surface area contributed by atoms with E-state index in [-0.39, 0.29) is 5.91 Å². The van der Waals surface area contributed by atoms with Crippen molar-refractivity contribution in [1.82, 2.24) is 15.0 Å². The molecule has 5 rings (SSSR count). The second-order valence-electron chi connectivity index (χ2n) is 8.72. The number of nitrogens with one attached hydrogen (secondary N) is 1. The standard InChI is InChI=1S/C28H26N4O4/c1-2-5-26-29-23-13-12-20(22-14-15-27(33)31-30-22)16-24(23)32(26)17-18-8-10-19(11-9-18)21-6-3-4-7-25(21)36-28(34)35/h3-4,6-13,16H,2,5,14-15,17H2,1H3,(H,31,33)(H,34,35). The normalized spacial score (nSPS) is 13.4. The fourth-order valence-electron chi connectivity index (χ4n) is 4.49. The molecule has 0 spiro atoms. The Hall–Kier alpha value is -4.46. The number of ether oxygens (including phenoxy) is 1. The number of fused-ring (bicyclic) bond motifs is 1. The van der Waals surface area contributed by atoms with Gasteiger partial charge in [-0.2, -0.15) is 5.10 Å². The Morgan fingerprint density at radius 2 is 1.83 bits per heavy atom. The molecule has 1 aliphatic heterocycles. The zero-order valence-electron chi connectivity index (χ0n) is 19.9. The van der Waals surface area contributed by atoms with Gasteiger partial charge in [0.15, 0.2) is 0 Å². The zero-order chi connectivity index (χ0) is 25.1. The maximum atomic E-state index is 11.5. The monoisotopic (exact) mass is 482 g/mol. The van der Waals surface area contributed by atoms with Crippen LogP contribution in [0.4, 0.5) is 4.79 Å². The molecule has 0 aliphatic carbocycles. The van der Waals surface area contributed by atoms with Crippen molar-refractivity contribution in [3.8, 4) is 16.9 Å². The first-order valence-electron chi connectivity index (χ1n) is 12.0. The number of para-hydroxylation sites is 1. The number of aromatic nitrogens is 2. The number of benzene rings is 3.